The Balaban J connectivity index is 1.12. The fraction of sp³-hybridized carbons (Fsp3) is 0.0492. The summed E-state index contributed by atoms with van der Waals surface area (Å²) in [6, 6.07) is 76.5. The molecule has 0 atom stereocenters. The summed E-state index contributed by atoms with van der Waals surface area (Å²) < 4.78 is 6.36. The second kappa shape index (κ2) is 13.1. The minimum Gasteiger partial charge on any atom is -0.456 e. The average Bonchev–Trinajstić information content (AvgIpc) is 3.81. The first kappa shape index (κ1) is 35.1. The van der Waals surface area contributed by atoms with Gasteiger partial charge in [-0.1, -0.05) is 190 Å². The molecule has 11 aromatic carbocycles. The van der Waals surface area contributed by atoms with E-state index in [1.54, 1.807) is 0 Å². The standard InChI is InChI=1S/C61H40O/c1-61(2)54-24-11-9-16-46(54)52-35-39(29-32-55(52)61)44-22-13-23-45(40-30-33-57-53(36-40)47-17-10-12-25-56(47)62-57)59(44)60-50-20-7-5-18-48(50)58(49-19-6-8-21-51(49)60)41-28-31-43-38(34-41)27-26-37-14-3-4-15-42(37)43/h3-36H,1-2H3. The third kappa shape index (κ3) is 5.03. The van der Waals surface area contributed by atoms with Crippen molar-refractivity contribution in [1.29, 1.82) is 0 Å². The predicted molar refractivity (Wildman–Crippen MR) is 263 cm³/mol. The van der Waals surface area contributed by atoms with Gasteiger partial charge >= 0.3 is 0 Å². The summed E-state index contributed by atoms with van der Waals surface area (Å²) in [6.45, 7) is 4.72. The van der Waals surface area contributed by atoms with Crippen molar-refractivity contribution in [2.24, 2.45) is 0 Å². The van der Waals surface area contributed by atoms with Crippen LogP contribution in [0.5, 0.6) is 0 Å². The summed E-state index contributed by atoms with van der Waals surface area (Å²) in [4.78, 5) is 0. The predicted octanol–water partition coefficient (Wildman–Crippen LogP) is 17.2. The lowest BCUT2D eigenvalue weighted by molar-refractivity contribution is 0.660. The van der Waals surface area contributed by atoms with Gasteiger partial charge in [0.15, 0.2) is 0 Å². The summed E-state index contributed by atoms with van der Waals surface area (Å²) in [6.07, 6.45) is 0. The van der Waals surface area contributed by atoms with E-state index in [4.69, 9.17) is 4.42 Å². The Morgan fingerprint density at radius 3 is 1.60 bits per heavy atom. The second-order valence-corrected chi connectivity index (χ2v) is 17.5. The van der Waals surface area contributed by atoms with Crippen LogP contribution in [-0.2, 0) is 5.41 Å². The molecule has 0 saturated heterocycles. The molecule has 1 heteroatoms. The van der Waals surface area contributed by atoms with Crippen molar-refractivity contribution in [2.75, 3.05) is 0 Å². The minimum absolute atomic E-state index is 0.0734. The fourth-order valence-electron chi connectivity index (χ4n) is 11.0. The van der Waals surface area contributed by atoms with Crippen molar-refractivity contribution in [2.45, 2.75) is 19.3 Å². The fourth-order valence-corrected chi connectivity index (χ4v) is 11.0. The molecule has 0 N–H and O–H groups in total. The van der Waals surface area contributed by atoms with Crippen LogP contribution in [0.1, 0.15) is 25.0 Å². The van der Waals surface area contributed by atoms with Gasteiger partial charge in [-0.05, 0) is 140 Å². The van der Waals surface area contributed by atoms with Crippen molar-refractivity contribution < 1.29 is 4.42 Å². The molecule has 0 radical (unpaired) electrons. The van der Waals surface area contributed by atoms with Gasteiger partial charge in [-0.25, -0.2) is 0 Å². The number of para-hydroxylation sites is 1. The quantitative estimate of drug-likeness (QED) is 0.128. The van der Waals surface area contributed by atoms with Crippen LogP contribution < -0.4 is 0 Å². The molecule has 0 unspecified atom stereocenters. The topological polar surface area (TPSA) is 13.1 Å². The van der Waals surface area contributed by atoms with Crippen LogP contribution in [0.4, 0.5) is 0 Å². The Hall–Kier alpha value is -7.74. The van der Waals surface area contributed by atoms with E-state index < -0.39 is 0 Å². The molecule has 1 aliphatic rings. The van der Waals surface area contributed by atoms with Crippen molar-refractivity contribution in [3.63, 3.8) is 0 Å². The van der Waals surface area contributed by atoms with Crippen LogP contribution in [0.25, 0.3) is 121 Å². The monoisotopic (exact) mass is 788 g/mol. The zero-order chi connectivity index (χ0) is 41.1. The van der Waals surface area contributed by atoms with Gasteiger partial charge in [-0.3, -0.25) is 0 Å². The second-order valence-electron chi connectivity index (χ2n) is 17.5. The number of furan rings is 1. The average molecular weight is 789 g/mol. The summed E-state index contributed by atoms with van der Waals surface area (Å²) in [7, 11) is 0. The van der Waals surface area contributed by atoms with E-state index >= 15 is 0 Å². The van der Waals surface area contributed by atoms with E-state index in [9.17, 15) is 0 Å². The molecule has 1 nitrogen and oxygen atoms in total. The van der Waals surface area contributed by atoms with Gasteiger partial charge in [0.1, 0.15) is 11.2 Å². The van der Waals surface area contributed by atoms with E-state index in [0.29, 0.717) is 0 Å². The van der Waals surface area contributed by atoms with Crippen LogP contribution in [0.15, 0.2) is 211 Å². The molecular weight excluding hydrogens is 749 g/mol. The number of hydrogen-bond acceptors (Lipinski definition) is 1. The van der Waals surface area contributed by atoms with Crippen molar-refractivity contribution in [3.05, 3.63) is 217 Å². The maximum absolute atomic E-state index is 6.36. The maximum Gasteiger partial charge on any atom is 0.135 e. The smallest absolute Gasteiger partial charge is 0.135 e. The van der Waals surface area contributed by atoms with E-state index in [-0.39, 0.29) is 5.41 Å². The molecule has 0 saturated carbocycles. The van der Waals surface area contributed by atoms with E-state index in [1.165, 1.54) is 104 Å². The molecular formula is C61H40O. The van der Waals surface area contributed by atoms with Gasteiger partial charge in [-0.2, -0.15) is 0 Å². The molecule has 0 bridgehead atoms. The minimum atomic E-state index is -0.0734. The van der Waals surface area contributed by atoms with Crippen molar-refractivity contribution in [3.8, 4) is 55.6 Å². The molecule has 0 amide bonds. The molecule has 0 spiro atoms. The van der Waals surface area contributed by atoms with Gasteiger partial charge < -0.3 is 4.42 Å². The highest BCUT2D eigenvalue weighted by atomic mass is 16.3. The van der Waals surface area contributed by atoms with Crippen molar-refractivity contribution in [1.82, 2.24) is 0 Å². The molecule has 290 valence electrons. The molecule has 12 aromatic rings. The first-order chi connectivity index (χ1) is 30.5. The Morgan fingerprint density at radius 1 is 0.290 bits per heavy atom. The zero-order valence-electron chi connectivity index (χ0n) is 34.5. The Bertz CT molecular complexity index is 3780. The Labute approximate surface area is 360 Å². The summed E-state index contributed by atoms with van der Waals surface area (Å²) in [5.41, 5.74) is 16.9. The summed E-state index contributed by atoms with van der Waals surface area (Å²) in [5.74, 6) is 0. The van der Waals surface area contributed by atoms with E-state index in [1.807, 2.05) is 6.07 Å². The molecule has 13 rings (SSSR count). The van der Waals surface area contributed by atoms with E-state index in [2.05, 4.69) is 214 Å². The number of hydrogen-bond donors (Lipinski definition) is 0. The highest BCUT2D eigenvalue weighted by Gasteiger charge is 2.35. The SMILES string of the molecule is CC1(C)c2ccccc2-c2cc(-c3cccc(-c4ccc5oc6ccccc6c5c4)c3-c3c4ccccc4c(-c4ccc5c(ccc6ccccc65)c4)c4ccccc34)ccc21. The molecule has 1 aliphatic carbocycles. The highest BCUT2D eigenvalue weighted by molar-refractivity contribution is 6.24. The third-order valence-electron chi connectivity index (χ3n) is 13.9. The van der Waals surface area contributed by atoms with Gasteiger partial charge in [0.05, 0.1) is 0 Å². The van der Waals surface area contributed by atoms with Gasteiger partial charge in [0.25, 0.3) is 0 Å². The largest absolute Gasteiger partial charge is 0.456 e. The lowest BCUT2D eigenvalue weighted by Gasteiger charge is -2.23. The number of fused-ring (bicyclic) bond motifs is 11. The molecule has 0 aliphatic heterocycles. The zero-order valence-corrected chi connectivity index (χ0v) is 34.5. The van der Waals surface area contributed by atoms with Gasteiger partial charge in [0.2, 0.25) is 0 Å². The number of rotatable bonds is 4. The first-order valence-electron chi connectivity index (χ1n) is 21.7. The normalized spacial score (nSPS) is 13.1. The Kier molecular flexibility index (Phi) is 7.42. The van der Waals surface area contributed by atoms with Crippen LogP contribution in [0, 0.1) is 0 Å². The van der Waals surface area contributed by atoms with Crippen LogP contribution in [0.2, 0.25) is 0 Å². The summed E-state index contributed by atoms with van der Waals surface area (Å²) >= 11 is 0. The summed E-state index contributed by atoms with van der Waals surface area (Å²) in [5, 5.41) is 12.3. The lowest BCUT2D eigenvalue weighted by atomic mass is 9.79. The first-order valence-corrected chi connectivity index (χ1v) is 21.7. The van der Waals surface area contributed by atoms with Crippen LogP contribution >= 0.6 is 0 Å². The van der Waals surface area contributed by atoms with Crippen molar-refractivity contribution >= 4 is 65.0 Å². The lowest BCUT2D eigenvalue weighted by Crippen LogP contribution is -2.14. The molecule has 1 aromatic heterocycles. The number of benzene rings is 11. The highest BCUT2D eigenvalue weighted by Crippen LogP contribution is 2.53. The third-order valence-corrected chi connectivity index (χ3v) is 13.9. The molecule has 1 heterocycles. The van der Waals surface area contributed by atoms with E-state index in [0.717, 1.165) is 27.5 Å². The molecule has 62 heavy (non-hydrogen) atoms. The van der Waals surface area contributed by atoms with Gasteiger partial charge in [-0.15, -0.1) is 0 Å². The van der Waals surface area contributed by atoms with Gasteiger partial charge in [0, 0.05) is 16.2 Å². The Morgan fingerprint density at radius 2 is 0.823 bits per heavy atom. The van der Waals surface area contributed by atoms with Crippen LogP contribution in [-0.4, -0.2) is 0 Å². The maximum atomic E-state index is 6.36. The van der Waals surface area contributed by atoms with Crippen LogP contribution in [0.3, 0.4) is 0 Å². The molecule has 0 fully saturated rings.